The van der Waals surface area contributed by atoms with Gasteiger partial charge < -0.3 is 9.88 Å². The van der Waals surface area contributed by atoms with Crippen LogP contribution in [0.1, 0.15) is 35.7 Å². The third-order valence-electron chi connectivity index (χ3n) is 5.04. The zero-order chi connectivity index (χ0) is 17.2. The van der Waals surface area contributed by atoms with E-state index in [1.807, 2.05) is 41.3 Å². The molecule has 1 aliphatic rings. The largest absolute Gasteiger partial charge is 0.356 e. The molecule has 0 saturated heterocycles. The highest BCUT2D eigenvalue weighted by atomic mass is 16.2. The molecule has 1 aliphatic heterocycles. The lowest BCUT2D eigenvalue weighted by Gasteiger charge is -2.36. The average molecular weight is 330 g/mol. The number of aromatic nitrogens is 1. The van der Waals surface area contributed by atoms with Gasteiger partial charge in [0.05, 0.1) is 12.5 Å². The van der Waals surface area contributed by atoms with Gasteiger partial charge in [0.1, 0.15) is 0 Å². The summed E-state index contributed by atoms with van der Waals surface area (Å²) in [6.45, 7) is 4.51. The Kier molecular flexibility index (Phi) is 4.14. The van der Waals surface area contributed by atoms with Gasteiger partial charge in [-0.05, 0) is 30.0 Å². The number of nitrogens with one attached hydrogen (secondary N) is 1. The van der Waals surface area contributed by atoms with Crippen molar-refractivity contribution in [1.82, 2.24) is 9.88 Å². The fourth-order valence-electron chi connectivity index (χ4n) is 3.83. The first kappa shape index (κ1) is 15.7. The molecule has 0 fully saturated rings. The first-order chi connectivity index (χ1) is 12.3. The van der Waals surface area contributed by atoms with E-state index >= 15 is 0 Å². The number of carbonyl (C=O) groups excluding carboxylic acids is 1. The van der Waals surface area contributed by atoms with Crippen LogP contribution in [0.3, 0.4) is 0 Å². The van der Waals surface area contributed by atoms with Crippen molar-refractivity contribution in [3.05, 3.63) is 84.1 Å². The van der Waals surface area contributed by atoms with Crippen LogP contribution in [0.4, 0.5) is 0 Å². The van der Waals surface area contributed by atoms with Gasteiger partial charge in [0.2, 0.25) is 5.91 Å². The lowest BCUT2D eigenvalue weighted by Crippen LogP contribution is -2.39. The summed E-state index contributed by atoms with van der Waals surface area (Å²) in [6, 6.07) is 18.6. The maximum Gasteiger partial charge on any atom is 0.227 e. The van der Waals surface area contributed by atoms with Crippen molar-refractivity contribution in [3.63, 3.8) is 0 Å². The van der Waals surface area contributed by atoms with Crippen LogP contribution in [0.2, 0.25) is 0 Å². The molecular weight excluding hydrogens is 308 g/mol. The number of allylic oxidation sites excluding steroid dienone is 1. The summed E-state index contributed by atoms with van der Waals surface area (Å²) in [5.74, 6) is 0.204. The first-order valence-electron chi connectivity index (χ1n) is 8.81. The molecule has 2 aromatic carbocycles. The number of nitrogens with zero attached hydrogens (tertiary/aromatic N) is 1. The number of hydrogen-bond acceptors (Lipinski definition) is 1. The number of carbonyl (C=O) groups is 1. The number of para-hydroxylation sites is 1. The van der Waals surface area contributed by atoms with Crippen LogP contribution < -0.4 is 0 Å². The molecule has 1 N–H and O–H groups in total. The highest BCUT2D eigenvalue weighted by Gasteiger charge is 2.34. The Morgan fingerprint density at radius 3 is 2.68 bits per heavy atom. The number of amides is 1. The van der Waals surface area contributed by atoms with Gasteiger partial charge in [-0.2, -0.15) is 0 Å². The molecule has 2 heterocycles. The van der Waals surface area contributed by atoms with Gasteiger partial charge in [-0.1, -0.05) is 54.6 Å². The quantitative estimate of drug-likeness (QED) is 0.673. The van der Waals surface area contributed by atoms with Gasteiger partial charge in [-0.3, -0.25) is 4.79 Å². The standard InChI is InChI=1S/C22H22N2O/c1-2-3-13-20-22-18(17-11-7-8-12-19(17)23-22)14-21(25)24(20)15-16-9-5-4-6-10-16/h2,4-12,20,23H,1,3,13-15H2. The minimum absolute atomic E-state index is 0.0712. The van der Waals surface area contributed by atoms with Crippen LogP contribution in [0.5, 0.6) is 0 Å². The zero-order valence-electron chi connectivity index (χ0n) is 14.2. The van der Waals surface area contributed by atoms with E-state index in [-0.39, 0.29) is 11.9 Å². The Bertz CT molecular complexity index is 910. The minimum Gasteiger partial charge on any atom is -0.356 e. The van der Waals surface area contributed by atoms with Crippen LogP contribution in [0, 0.1) is 0 Å². The molecule has 1 aromatic heterocycles. The number of H-pyrrole nitrogens is 1. The number of rotatable bonds is 5. The number of aromatic amines is 1. The van der Waals surface area contributed by atoms with Crippen molar-refractivity contribution < 1.29 is 4.79 Å². The van der Waals surface area contributed by atoms with Gasteiger partial charge in [0.25, 0.3) is 0 Å². The predicted molar refractivity (Wildman–Crippen MR) is 101 cm³/mol. The van der Waals surface area contributed by atoms with Gasteiger partial charge in [-0.15, -0.1) is 6.58 Å². The second-order valence-corrected chi connectivity index (χ2v) is 6.63. The summed E-state index contributed by atoms with van der Waals surface area (Å²) in [7, 11) is 0. The van der Waals surface area contributed by atoms with Gasteiger partial charge >= 0.3 is 0 Å². The Labute approximate surface area is 148 Å². The van der Waals surface area contributed by atoms with Crippen LogP contribution in [0.15, 0.2) is 67.3 Å². The number of hydrogen-bond donors (Lipinski definition) is 1. The van der Waals surface area contributed by atoms with Gasteiger partial charge in [0.15, 0.2) is 0 Å². The summed E-state index contributed by atoms with van der Waals surface area (Å²) in [6.07, 6.45) is 4.18. The van der Waals surface area contributed by atoms with Crippen molar-refractivity contribution in [1.29, 1.82) is 0 Å². The third-order valence-corrected chi connectivity index (χ3v) is 5.04. The maximum atomic E-state index is 13.0. The maximum absolute atomic E-state index is 13.0. The van der Waals surface area contributed by atoms with E-state index in [0.717, 1.165) is 18.4 Å². The lowest BCUT2D eigenvalue weighted by atomic mass is 9.93. The average Bonchev–Trinajstić information content (AvgIpc) is 3.01. The normalized spacial score (nSPS) is 16.9. The summed E-state index contributed by atoms with van der Waals surface area (Å²) in [5, 5.41) is 1.17. The van der Waals surface area contributed by atoms with E-state index < -0.39 is 0 Å². The highest BCUT2D eigenvalue weighted by Crippen LogP contribution is 2.38. The molecule has 1 amide bonds. The smallest absolute Gasteiger partial charge is 0.227 e. The zero-order valence-corrected chi connectivity index (χ0v) is 14.2. The van der Waals surface area contributed by atoms with E-state index in [9.17, 15) is 4.79 Å². The topological polar surface area (TPSA) is 36.1 Å². The Morgan fingerprint density at radius 2 is 1.88 bits per heavy atom. The molecule has 126 valence electrons. The molecular formula is C22H22N2O. The predicted octanol–water partition coefficient (Wildman–Crippen LogP) is 4.76. The van der Waals surface area contributed by atoms with E-state index in [0.29, 0.717) is 13.0 Å². The molecule has 0 spiro atoms. The molecule has 0 aliphatic carbocycles. The molecule has 1 atom stereocenters. The molecule has 3 aromatic rings. The fourth-order valence-corrected chi connectivity index (χ4v) is 3.83. The van der Waals surface area contributed by atoms with Crippen LogP contribution >= 0.6 is 0 Å². The molecule has 0 bridgehead atoms. The summed E-state index contributed by atoms with van der Waals surface area (Å²) >= 11 is 0. The van der Waals surface area contributed by atoms with E-state index in [4.69, 9.17) is 0 Å². The van der Waals surface area contributed by atoms with Crippen molar-refractivity contribution in [3.8, 4) is 0 Å². The Morgan fingerprint density at radius 1 is 1.12 bits per heavy atom. The molecule has 25 heavy (non-hydrogen) atoms. The number of fused-ring (bicyclic) bond motifs is 3. The van der Waals surface area contributed by atoms with Crippen molar-refractivity contribution in [2.45, 2.75) is 31.8 Å². The van der Waals surface area contributed by atoms with E-state index in [1.165, 1.54) is 22.2 Å². The third kappa shape index (κ3) is 2.86. The molecule has 3 nitrogen and oxygen atoms in total. The van der Waals surface area contributed by atoms with E-state index in [2.05, 4.69) is 35.8 Å². The SMILES string of the molecule is C=CCCC1c2[nH]c3ccccc3c2CC(=O)N1Cc1ccccc1. The molecule has 0 saturated carbocycles. The fraction of sp³-hybridized carbons (Fsp3) is 0.227. The molecule has 4 rings (SSSR count). The van der Waals surface area contributed by atoms with Gasteiger partial charge in [-0.25, -0.2) is 0 Å². The minimum atomic E-state index is 0.0712. The van der Waals surface area contributed by atoms with Gasteiger partial charge in [0, 0.05) is 23.1 Å². The molecule has 3 heteroatoms. The monoisotopic (exact) mass is 330 g/mol. The second kappa shape index (κ2) is 6.60. The van der Waals surface area contributed by atoms with Crippen molar-refractivity contribution >= 4 is 16.8 Å². The lowest BCUT2D eigenvalue weighted by molar-refractivity contribution is -0.135. The van der Waals surface area contributed by atoms with Crippen LogP contribution in [0.25, 0.3) is 10.9 Å². The molecule has 0 radical (unpaired) electrons. The first-order valence-corrected chi connectivity index (χ1v) is 8.81. The van der Waals surface area contributed by atoms with Crippen molar-refractivity contribution in [2.24, 2.45) is 0 Å². The van der Waals surface area contributed by atoms with E-state index in [1.54, 1.807) is 0 Å². The Balaban J connectivity index is 1.76. The van der Waals surface area contributed by atoms with Crippen molar-refractivity contribution in [2.75, 3.05) is 0 Å². The Hall–Kier alpha value is -2.81. The number of benzene rings is 2. The second-order valence-electron chi connectivity index (χ2n) is 6.63. The molecule has 1 unspecified atom stereocenters. The summed E-state index contributed by atoms with van der Waals surface area (Å²) in [4.78, 5) is 18.6. The summed E-state index contributed by atoms with van der Waals surface area (Å²) < 4.78 is 0. The van der Waals surface area contributed by atoms with Crippen LogP contribution in [-0.2, 0) is 17.8 Å². The van der Waals surface area contributed by atoms with Crippen LogP contribution in [-0.4, -0.2) is 15.8 Å². The summed E-state index contributed by atoms with van der Waals surface area (Å²) in [5.41, 5.74) is 4.64. The highest BCUT2D eigenvalue weighted by molar-refractivity contribution is 5.92.